The van der Waals surface area contributed by atoms with Crippen LogP contribution in [0.15, 0.2) is 28.8 Å². The zero-order valence-corrected chi connectivity index (χ0v) is 17.7. The molecule has 2 amide bonds. The van der Waals surface area contributed by atoms with E-state index in [2.05, 4.69) is 10.5 Å². The number of anilines is 1. The first-order valence-electron chi connectivity index (χ1n) is 11.4. The van der Waals surface area contributed by atoms with Gasteiger partial charge in [0.15, 0.2) is 5.82 Å². The number of hydrogen-bond donors (Lipinski definition) is 1. The number of carbonyl (C=O) groups excluding carboxylic acids is 1. The molecule has 3 aliphatic rings. The van der Waals surface area contributed by atoms with Gasteiger partial charge in [-0.05, 0) is 50.2 Å². The second-order valence-electron chi connectivity index (χ2n) is 9.17. The van der Waals surface area contributed by atoms with Crippen molar-refractivity contribution in [3.8, 4) is 0 Å². The molecule has 1 aliphatic carbocycles. The molecule has 5 rings (SSSR count). The van der Waals surface area contributed by atoms with Crippen LogP contribution in [0.5, 0.6) is 0 Å². The molecule has 0 atom stereocenters. The van der Waals surface area contributed by atoms with E-state index in [1.807, 2.05) is 0 Å². The summed E-state index contributed by atoms with van der Waals surface area (Å²) in [6.07, 6.45) is 6.97. The van der Waals surface area contributed by atoms with Crippen molar-refractivity contribution in [2.45, 2.75) is 56.3 Å². The summed E-state index contributed by atoms with van der Waals surface area (Å²) in [6.45, 7) is 2.66. The van der Waals surface area contributed by atoms with E-state index in [1.54, 1.807) is 23.1 Å². The van der Waals surface area contributed by atoms with Gasteiger partial charge < -0.3 is 19.5 Å². The molecule has 166 valence electrons. The normalized spacial score (nSPS) is 21.8. The monoisotopic (exact) mass is 428 g/mol. The van der Waals surface area contributed by atoms with Crippen LogP contribution < -0.4 is 5.32 Å². The number of likely N-dealkylation sites (tertiary alicyclic amines) is 1. The van der Waals surface area contributed by atoms with Crippen LogP contribution in [-0.2, 0) is 10.2 Å². The van der Waals surface area contributed by atoms with Crippen molar-refractivity contribution < 1.29 is 18.4 Å². The molecule has 0 spiro atoms. The number of piperidine rings is 1. The summed E-state index contributed by atoms with van der Waals surface area (Å²) in [7, 11) is 0. The van der Waals surface area contributed by atoms with Crippen LogP contribution in [0.25, 0.3) is 0 Å². The van der Waals surface area contributed by atoms with Gasteiger partial charge in [0.2, 0.25) is 5.89 Å². The lowest BCUT2D eigenvalue weighted by Crippen LogP contribution is -2.47. The van der Waals surface area contributed by atoms with E-state index in [0.29, 0.717) is 19.0 Å². The maximum absolute atomic E-state index is 13.9. The molecule has 1 aromatic heterocycles. The Labute approximate surface area is 181 Å². The molecule has 0 radical (unpaired) electrons. The minimum absolute atomic E-state index is 0.150. The summed E-state index contributed by atoms with van der Waals surface area (Å²) >= 11 is 0. The highest BCUT2D eigenvalue weighted by Gasteiger charge is 2.45. The number of para-hydroxylation sites is 1. The molecule has 3 fully saturated rings. The zero-order chi connectivity index (χ0) is 21.3. The van der Waals surface area contributed by atoms with Crippen LogP contribution >= 0.6 is 0 Å². The number of benzene rings is 1. The first kappa shape index (κ1) is 20.4. The summed E-state index contributed by atoms with van der Waals surface area (Å²) in [5.74, 6) is 2.09. The Bertz CT molecular complexity index is 915. The van der Waals surface area contributed by atoms with E-state index >= 15 is 0 Å². The fraction of sp³-hybridized carbons (Fsp3) is 0.609. The van der Waals surface area contributed by atoms with Crippen LogP contribution in [0, 0.1) is 11.7 Å². The van der Waals surface area contributed by atoms with Gasteiger partial charge in [-0.15, -0.1) is 0 Å². The minimum Gasteiger partial charge on any atom is -0.381 e. The molecular formula is C23H29FN4O3. The highest BCUT2D eigenvalue weighted by molar-refractivity contribution is 5.89. The number of rotatable bonds is 5. The predicted octanol–water partition coefficient (Wildman–Crippen LogP) is 4.47. The molecule has 1 saturated carbocycles. The van der Waals surface area contributed by atoms with Crippen molar-refractivity contribution in [3.05, 3.63) is 41.8 Å². The molecule has 2 saturated heterocycles. The van der Waals surface area contributed by atoms with Crippen LogP contribution in [0.4, 0.5) is 14.9 Å². The number of carbonyl (C=O) groups is 1. The summed E-state index contributed by atoms with van der Waals surface area (Å²) in [4.78, 5) is 19.3. The Morgan fingerprint density at radius 3 is 2.61 bits per heavy atom. The lowest BCUT2D eigenvalue weighted by molar-refractivity contribution is 0.0778. The molecule has 0 bridgehead atoms. The molecule has 0 unspecified atom stereocenters. The largest absolute Gasteiger partial charge is 0.381 e. The second-order valence-corrected chi connectivity index (χ2v) is 9.17. The lowest BCUT2D eigenvalue weighted by atomic mass is 9.73. The molecule has 1 N–H and O–H groups in total. The standard InChI is InChI=1S/C23H29FN4O3/c24-18-3-1-2-4-19(18)25-22(29)28-11-9-23(10-12-28,15-16-5-6-16)21-26-20(31-27-21)17-7-13-30-14-8-17/h1-4,16-17H,5-15H2,(H,25,29). The Kier molecular flexibility index (Phi) is 5.65. The van der Waals surface area contributed by atoms with E-state index in [0.717, 1.165) is 57.0 Å². The van der Waals surface area contributed by atoms with E-state index in [4.69, 9.17) is 14.2 Å². The Balaban J connectivity index is 1.28. The Morgan fingerprint density at radius 1 is 1.16 bits per heavy atom. The number of amides is 2. The smallest absolute Gasteiger partial charge is 0.321 e. The fourth-order valence-electron chi connectivity index (χ4n) is 4.85. The van der Waals surface area contributed by atoms with Gasteiger partial charge >= 0.3 is 6.03 Å². The van der Waals surface area contributed by atoms with Gasteiger partial charge in [0.05, 0.1) is 5.69 Å². The zero-order valence-electron chi connectivity index (χ0n) is 17.7. The third kappa shape index (κ3) is 4.44. The van der Waals surface area contributed by atoms with Crippen LogP contribution in [0.1, 0.15) is 62.6 Å². The van der Waals surface area contributed by atoms with Crippen molar-refractivity contribution in [3.63, 3.8) is 0 Å². The maximum Gasteiger partial charge on any atom is 0.321 e. The number of ether oxygens (including phenoxy) is 1. The SMILES string of the molecule is O=C(Nc1ccccc1F)N1CCC(CC2CC2)(c2noc(C3CCOCC3)n2)CC1. The third-order valence-electron chi connectivity index (χ3n) is 6.99. The van der Waals surface area contributed by atoms with E-state index in [9.17, 15) is 9.18 Å². The number of halogens is 1. The molecule has 2 aromatic rings. The fourth-order valence-corrected chi connectivity index (χ4v) is 4.85. The number of nitrogens with zero attached hydrogens (tertiary/aromatic N) is 3. The molecule has 31 heavy (non-hydrogen) atoms. The van der Waals surface area contributed by atoms with Crippen molar-refractivity contribution >= 4 is 11.7 Å². The summed E-state index contributed by atoms with van der Waals surface area (Å²) < 4.78 is 25.1. The average molecular weight is 429 g/mol. The van der Waals surface area contributed by atoms with Gasteiger partial charge in [0, 0.05) is 37.6 Å². The van der Waals surface area contributed by atoms with Gasteiger partial charge in [-0.1, -0.05) is 30.1 Å². The number of nitrogens with one attached hydrogen (secondary N) is 1. The second kappa shape index (κ2) is 8.57. The van der Waals surface area contributed by atoms with Crippen molar-refractivity contribution in [2.24, 2.45) is 5.92 Å². The molecule has 3 heterocycles. The van der Waals surface area contributed by atoms with Gasteiger partial charge in [0.1, 0.15) is 5.82 Å². The highest BCUT2D eigenvalue weighted by Crippen LogP contribution is 2.47. The molecular weight excluding hydrogens is 399 g/mol. The first-order chi connectivity index (χ1) is 15.1. The topological polar surface area (TPSA) is 80.5 Å². The summed E-state index contributed by atoms with van der Waals surface area (Å²) in [5.41, 5.74) is 0.0599. The molecule has 1 aromatic carbocycles. The maximum atomic E-state index is 13.9. The predicted molar refractivity (Wildman–Crippen MR) is 112 cm³/mol. The number of hydrogen-bond acceptors (Lipinski definition) is 5. The Hall–Kier alpha value is -2.48. The lowest BCUT2D eigenvalue weighted by Gasteiger charge is -2.40. The quantitative estimate of drug-likeness (QED) is 0.760. The van der Waals surface area contributed by atoms with Crippen LogP contribution in [0.2, 0.25) is 0 Å². The first-order valence-corrected chi connectivity index (χ1v) is 11.4. The van der Waals surface area contributed by atoms with Crippen LogP contribution in [0.3, 0.4) is 0 Å². The summed E-state index contributed by atoms with van der Waals surface area (Å²) in [5, 5.41) is 7.12. The van der Waals surface area contributed by atoms with Crippen LogP contribution in [-0.4, -0.2) is 47.4 Å². The number of aromatic nitrogens is 2. The summed E-state index contributed by atoms with van der Waals surface area (Å²) in [6, 6.07) is 5.98. The minimum atomic E-state index is -0.427. The average Bonchev–Trinajstić information content (AvgIpc) is 3.46. The third-order valence-corrected chi connectivity index (χ3v) is 6.99. The van der Waals surface area contributed by atoms with E-state index in [1.165, 1.54) is 18.9 Å². The van der Waals surface area contributed by atoms with Gasteiger partial charge in [-0.3, -0.25) is 0 Å². The molecule has 8 heteroatoms. The van der Waals surface area contributed by atoms with Crippen molar-refractivity contribution in [2.75, 3.05) is 31.6 Å². The number of urea groups is 1. The van der Waals surface area contributed by atoms with Gasteiger partial charge in [0.25, 0.3) is 0 Å². The molecule has 2 aliphatic heterocycles. The Morgan fingerprint density at radius 2 is 1.90 bits per heavy atom. The van der Waals surface area contributed by atoms with Crippen molar-refractivity contribution in [1.82, 2.24) is 15.0 Å². The van der Waals surface area contributed by atoms with Gasteiger partial charge in [-0.2, -0.15) is 4.98 Å². The van der Waals surface area contributed by atoms with Gasteiger partial charge in [-0.25, -0.2) is 9.18 Å². The van der Waals surface area contributed by atoms with E-state index in [-0.39, 0.29) is 23.1 Å². The van der Waals surface area contributed by atoms with Crippen molar-refractivity contribution in [1.29, 1.82) is 0 Å². The van der Waals surface area contributed by atoms with E-state index < -0.39 is 5.82 Å². The highest BCUT2D eigenvalue weighted by atomic mass is 19.1. The molecule has 7 nitrogen and oxygen atoms in total.